The van der Waals surface area contributed by atoms with E-state index in [2.05, 4.69) is 10.1 Å². The van der Waals surface area contributed by atoms with E-state index < -0.39 is 6.17 Å². The Morgan fingerprint density at radius 1 is 1.18 bits per heavy atom. The molecule has 1 atom stereocenters. The lowest BCUT2D eigenvalue weighted by Gasteiger charge is -2.30. The number of hydrogen-bond acceptors (Lipinski definition) is 5. The van der Waals surface area contributed by atoms with Crippen LogP contribution in [0.1, 0.15) is 25.8 Å². The second-order valence-electron chi connectivity index (χ2n) is 7.47. The zero-order chi connectivity index (χ0) is 23.1. The number of nitrogens with zero attached hydrogens (tertiary/aromatic N) is 3. The minimum atomic E-state index is -0.805. The SMILES string of the molecule is CCSc1n[n+]2c(c(=O)[nH]1)-c1ccccc1N(C(C)=O)[C@@H]2c1ccc(-c2ccc(F)cc2)o1. The molecular formula is C24H20FN4O3S+. The largest absolute Gasteiger partial charge is 0.452 e. The van der Waals surface area contributed by atoms with Crippen LogP contribution in [0.15, 0.2) is 75.0 Å². The Bertz CT molecular complexity index is 1410. The van der Waals surface area contributed by atoms with Gasteiger partial charge in [0.05, 0.1) is 11.3 Å². The van der Waals surface area contributed by atoms with Gasteiger partial charge < -0.3 is 4.42 Å². The second kappa shape index (κ2) is 8.32. The number of rotatable bonds is 4. The lowest BCUT2D eigenvalue weighted by atomic mass is 10.0. The van der Waals surface area contributed by atoms with Gasteiger partial charge in [-0.15, -0.1) is 0 Å². The number of anilines is 1. The van der Waals surface area contributed by atoms with E-state index in [0.29, 0.717) is 39.2 Å². The molecule has 0 spiro atoms. The minimum absolute atomic E-state index is 0.225. The van der Waals surface area contributed by atoms with Crippen molar-refractivity contribution in [3.63, 3.8) is 0 Å². The third-order valence-corrected chi connectivity index (χ3v) is 6.13. The molecule has 4 aromatic rings. The molecule has 0 saturated heterocycles. The summed E-state index contributed by atoms with van der Waals surface area (Å²) < 4.78 is 21.1. The number of hydrogen-bond donors (Lipinski definition) is 1. The number of amides is 1. The lowest BCUT2D eigenvalue weighted by molar-refractivity contribution is -0.764. The highest BCUT2D eigenvalue weighted by Gasteiger charge is 2.46. The number of para-hydroxylation sites is 1. The highest BCUT2D eigenvalue weighted by atomic mass is 32.2. The number of H-pyrrole nitrogens is 1. The molecule has 33 heavy (non-hydrogen) atoms. The molecule has 166 valence electrons. The fourth-order valence-electron chi connectivity index (χ4n) is 4.03. The van der Waals surface area contributed by atoms with E-state index in [-0.39, 0.29) is 17.3 Å². The maximum absolute atomic E-state index is 13.4. The topological polar surface area (TPSA) is 83.1 Å². The number of fused-ring (bicyclic) bond motifs is 3. The molecule has 1 amide bonds. The molecule has 5 rings (SSSR count). The number of carbonyl (C=O) groups is 1. The standard InChI is InChI=1S/C24H19FN4O3S/c1-3-33-24-26-22(31)21-17-6-4-5-7-18(17)28(14(2)30)23(29(21)27-24)20-13-12-19(32-20)15-8-10-16(25)11-9-15/h4-13,23H,3H2,1-2H3/p+1/t23-/m0/s1. The number of aromatic nitrogens is 3. The molecular weight excluding hydrogens is 443 g/mol. The van der Waals surface area contributed by atoms with E-state index in [9.17, 15) is 14.0 Å². The highest BCUT2D eigenvalue weighted by molar-refractivity contribution is 7.99. The van der Waals surface area contributed by atoms with Crippen LogP contribution in [0.25, 0.3) is 22.6 Å². The molecule has 0 saturated carbocycles. The average molecular weight is 464 g/mol. The molecule has 2 aromatic carbocycles. The normalized spacial score (nSPS) is 14.6. The van der Waals surface area contributed by atoms with Gasteiger partial charge in [-0.3, -0.25) is 14.6 Å². The molecule has 0 radical (unpaired) electrons. The first-order valence-electron chi connectivity index (χ1n) is 10.4. The lowest BCUT2D eigenvalue weighted by Crippen LogP contribution is -2.60. The first-order valence-corrected chi connectivity index (χ1v) is 11.4. The third kappa shape index (κ3) is 3.64. The molecule has 3 heterocycles. The molecule has 1 aliphatic heterocycles. The zero-order valence-electron chi connectivity index (χ0n) is 17.9. The Labute approximate surface area is 192 Å². The van der Waals surface area contributed by atoms with Crippen LogP contribution in [0.2, 0.25) is 0 Å². The number of aromatic amines is 1. The van der Waals surface area contributed by atoms with Crippen molar-refractivity contribution in [3.05, 3.63) is 82.6 Å². The van der Waals surface area contributed by atoms with Gasteiger partial charge in [-0.25, -0.2) is 9.29 Å². The summed E-state index contributed by atoms with van der Waals surface area (Å²) in [5, 5.41) is 5.12. The summed E-state index contributed by atoms with van der Waals surface area (Å²) >= 11 is 1.40. The second-order valence-corrected chi connectivity index (χ2v) is 8.73. The van der Waals surface area contributed by atoms with Crippen LogP contribution in [-0.2, 0) is 4.79 Å². The van der Waals surface area contributed by atoms with Crippen LogP contribution in [-0.4, -0.2) is 21.7 Å². The zero-order valence-corrected chi connectivity index (χ0v) is 18.7. The van der Waals surface area contributed by atoms with Crippen LogP contribution < -0.4 is 15.1 Å². The Kier molecular flexibility index (Phi) is 5.33. The van der Waals surface area contributed by atoms with Crippen LogP contribution in [0.5, 0.6) is 0 Å². The predicted octanol–water partition coefficient (Wildman–Crippen LogP) is 4.15. The average Bonchev–Trinajstić information content (AvgIpc) is 3.28. The minimum Gasteiger partial charge on any atom is -0.452 e. The molecule has 0 unspecified atom stereocenters. The molecule has 9 heteroatoms. The van der Waals surface area contributed by atoms with Crippen molar-refractivity contribution >= 4 is 23.4 Å². The van der Waals surface area contributed by atoms with Gasteiger partial charge >= 0.3 is 17.4 Å². The summed E-state index contributed by atoms with van der Waals surface area (Å²) in [4.78, 5) is 30.4. The molecule has 1 aliphatic rings. The number of benzene rings is 2. The summed E-state index contributed by atoms with van der Waals surface area (Å²) in [6.07, 6.45) is -0.805. The van der Waals surface area contributed by atoms with Crippen molar-refractivity contribution in [3.8, 4) is 22.6 Å². The van der Waals surface area contributed by atoms with Crippen LogP contribution in [0, 0.1) is 5.82 Å². The maximum Gasteiger partial charge on any atom is 0.325 e. The summed E-state index contributed by atoms with van der Waals surface area (Å²) in [7, 11) is 0. The summed E-state index contributed by atoms with van der Waals surface area (Å²) in [5.41, 5.74) is 1.94. The predicted molar refractivity (Wildman–Crippen MR) is 122 cm³/mol. The Morgan fingerprint density at radius 2 is 1.94 bits per heavy atom. The van der Waals surface area contributed by atoms with Gasteiger partial charge in [0.15, 0.2) is 5.76 Å². The number of nitrogens with one attached hydrogen (secondary N) is 1. The number of furan rings is 1. The fourth-order valence-corrected chi connectivity index (χ4v) is 4.62. The van der Waals surface area contributed by atoms with Gasteiger partial charge in [-0.05, 0) is 59.0 Å². The first kappa shape index (κ1) is 21.1. The number of carbonyl (C=O) groups excluding carboxylic acids is 1. The van der Waals surface area contributed by atoms with E-state index in [1.54, 1.807) is 46.0 Å². The Balaban J connectivity index is 1.74. The van der Waals surface area contributed by atoms with E-state index in [1.165, 1.54) is 30.8 Å². The van der Waals surface area contributed by atoms with Crippen LogP contribution in [0.4, 0.5) is 10.1 Å². The highest BCUT2D eigenvalue weighted by Crippen LogP contribution is 2.38. The monoisotopic (exact) mass is 463 g/mol. The number of halogens is 1. The molecule has 0 fully saturated rings. The van der Waals surface area contributed by atoms with Crippen molar-refractivity contribution in [2.75, 3.05) is 10.7 Å². The van der Waals surface area contributed by atoms with Gasteiger partial charge in [0.25, 0.3) is 0 Å². The first-order chi connectivity index (χ1) is 16.0. The quantitative estimate of drug-likeness (QED) is 0.363. The van der Waals surface area contributed by atoms with Gasteiger partial charge in [-0.1, -0.05) is 30.8 Å². The molecule has 7 nitrogen and oxygen atoms in total. The van der Waals surface area contributed by atoms with E-state index in [0.717, 1.165) is 5.75 Å². The Morgan fingerprint density at radius 3 is 2.67 bits per heavy atom. The van der Waals surface area contributed by atoms with Gasteiger partial charge in [-0.2, -0.15) is 0 Å². The van der Waals surface area contributed by atoms with E-state index in [4.69, 9.17) is 4.42 Å². The van der Waals surface area contributed by atoms with Crippen LogP contribution in [0.3, 0.4) is 0 Å². The molecule has 0 bridgehead atoms. The molecule has 1 N–H and O–H groups in total. The number of thioether (sulfide) groups is 1. The summed E-state index contributed by atoms with van der Waals surface area (Å²) in [6, 6.07) is 16.7. The van der Waals surface area contributed by atoms with Crippen molar-refractivity contribution in [2.24, 2.45) is 0 Å². The van der Waals surface area contributed by atoms with E-state index >= 15 is 0 Å². The van der Waals surface area contributed by atoms with Gasteiger partial charge in [0.2, 0.25) is 11.1 Å². The van der Waals surface area contributed by atoms with Crippen molar-refractivity contribution in [1.82, 2.24) is 10.1 Å². The van der Waals surface area contributed by atoms with Gasteiger partial charge in [0.1, 0.15) is 11.6 Å². The van der Waals surface area contributed by atoms with E-state index in [1.807, 2.05) is 19.1 Å². The van der Waals surface area contributed by atoms with Crippen molar-refractivity contribution in [1.29, 1.82) is 0 Å². The fraction of sp³-hybridized carbons (Fsp3) is 0.167. The smallest absolute Gasteiger partial charge is 0.325 e. The molecule has 2 aromatic heterocycles. The van der Waals surface area contributed by atoms with Crippen molar-refractivity contribution < 1.29 is 18.3 Å². The van der Waals surface area contributed by atoms with Gasteiger partial charge in [0, 0.05) is 17.6 Å². The third-order valence-electron chi connectivity index (χ3n) is 5.39. The van der Waals surface area contributed by atoms with Crippen molar-refractivity contribution in [2.45, 2.75) is 25.2 Å². The Hall–Kier alpha value is -3.72. The summed E-state index contributed by atoms with van der Waals surface area (Å²) in [5.74, 6) is 1.09. The molecule has 0 aliphatic carbocycles. The summed E-state index contributed by atoms with van der Waals surface area (Å²) in [6.45, 7) is 3.43. The van der Waals surface area contributed by atoms with Crippen LogP contribution >= 0.6 is 11.8 Å². The maximum atomic E-state index is 13.4.